The van der Waals surface area contributed by atoms with Crippen LogP contribution in [0.2, 0.25) is 0 Å². The van der Waals surface area contributed by atoms with Crippen LogP contribution in [0.1, 0.15) is 65.1 Å². The van der Waals surface area contributed by atoms with Gasteiger partial charge < -0.3 is 11.1 Å². The van der Waals surface area contributed by atoms with Crippen molar-refractivity contribution in [3.63, 3.8) is 0 Å². The van der Waals surface area contributed by atoms with E-state index in [1.54, 1.807) is 0 Å². The van der Waals surface area contributed by atoms with Gasteiger partial charge in [0.15, 0.2) is 0 Å². The number of nitrogens with one attached hydrogen (secondary N) is 1. The van der Waals surface area contributed by atoms with Crippen LogP contribution in [0.15, 0.2) is 42.5 Å². The molecule has 160 valence electrons. The molecule has 1 aliphatic rings. The number of benzene rings is 2. The Bertz CT molecular complexity index is 920. The predicted molar refractivity (Wildman–Crippen MR) is 103 cm³/mol. The molecule has 1 atom stereocenters. The second kappa shape index (κ2) is 8.85. The molecule has 0 saturated heterocycles. The van der Waals surface area contributed by atoms with Gasteiger partial charge in [-0.3, -0.25) is 9.59 Å². The molecule has 30 heavy (non-hydrogen) atoms. The number of primary amides is 1. The zero-order valence-corrected chi connectivity index (χ0v) is 16.1. The van der Waals surface area contributed by atoms with Crippen LogP contribution in [0, 0.1) is 5.82 Å². The lowest BCUT2D eigenvalue weighted by molar-refractivity contribution is -0.138. The second-order valence-electron chi connectivity index (χ2n) is 7.49. The van der Waals surface area contributed by atoms with Crippen molar-refractivity contribution in [1.29, 1.82) is 0 Å². The smallest absolute Gasteiger partial charge is 0.366 e. The fraction of sp³-hybridized carbons (Fsp3) is 0.364. The number of hydrogen-bond donors (Lipinski definition) is 2. The summed E-state index contributed by atoms with van der Waals surface area (Å²) in [6, 6.07) is 7.58. The van der Waals surface area contributed by atoms with Gasteiger partial charge in [0, 0.05) is 11.6 Å². The summed E-state index contributed by atoms with van der Waals surface area (Å²) in [6.07, 6.45) is -0.367. The highest BCUT2D eigenvalue weighted by molar-refractivity contribution is 5.94. The van der Waals surface area contributed by atoms with Gasteiger partial charge in [0.1, 0.15) is 5.82 Å². The minimum absolute atomic E-state index is 0.117. The Hall–Kier alpha value is -2.90. The number of amides is 2. The molecule has 0 aromatic heterocycles. The lowest BCUT2D eigenvalue weighted by atomic mass is 9.85. The average molecular weight is 422 g/mol. The predicted octanol–water partition coefficient (Wildman–Crippen LogP) is 4.52. The first kappa shape index (κ1) is 21.8. The van der Waals surface area contributed by atoms with Crippen molar-refractivity contribution in [3.8, 4) is 0 Å². The molecule has 4 nitrogen and oxygen atoms in total. The fourth-order valence-corrected chi connectivity index (χ4v) is 3.87. The van der Waals surface area contributed by atoms with Crippen LogP contribution in [0.3, 0.4) is 0 Å². The largest absolute Gasteiger partial charge is 0.416 e. The molecule has 8 heteroatoms. The van der Waals surface area contributed by atoms with Crippen LogP contribution in [-0.2, 0) is 11.0 Å². The van der Waals surface area contributed by atoms with Crippen molar-refractivity contribution in [2.24, 2.45) is 5.73 Å². The van der Waals surface area contributed by atoms with E-state index in [0.29, 0.717) is 6.07 Å². The Morgan fingerprint density at radius 3 is 2.20 bits per heavy atom. The van der Waals surface area contributed by atoms with Crippen LogP contribution in [0.25, 0.3) is 0 Å². The molecule has 0 heterocycles. The molecular formula is C22H22F4N2O2. The first-order valence-electron chi connectivity index (χ1n) is 9.73. The molecule has 1 fully saturated rings. The van der Waals surface area contributed by atoms with Crippen LogP contribution in [0.5, 0.6) is 0 Å². The zero-order chi connectivity index (χ0) is 21.9. The maximum Gasteiger partial charge on any atom is 0.416 e. The third-order valence-corrected chi connectivity index (χ3v) is 5.37. The molecule has 0 radical (unpaired) electrons. The average Bonchev–Trinajstić information content (AvgIpc) is 2.69. The zero-order valence-electron chi connectivity index (χ0n) is 16.1. The number of alkyl halides is 3. The van der Waals surface area contributed by atoms with Gasteiger partial charge in [-0.25, -0.2) is 4.39 Å². The molecule has 0 aliphatic heterocycles. The summed E-state index contributed by atoms with van der Waals surface area (Å²) < 4.78 is 54.8. The lowest BCUT2D eigenvalue weighted by Crippen LogP contribution is -2.40. The van der Waals surface area contributed by atoms with E-state index in [-0.39, 0.29) is 22.7 Å². The van der Waals surface area contributed by atoms with Gasteiger partial charge in [0.05, 0.1) is 11.5 Å². The van der Waals surface area contributed by atoms with Gasteiger partial charge in [0.2, 0.25) is 11.8 Å². The number of halogens is 4. The summed E-state index contributed by atoms with van der Waals surface area (Å²) in [5.41, 5.74) is 3.62. The minimum Gasteiger partial charge on any atom is -0.366 e. The molecule has 1 aliphatic carbocycles. The van der Waals surface area contributed by atoms with Crippen LogP contribution in [0.4, 0.5) is 17.6 Å². The Kier molecular flexibility index (Phi) is 6.43. The van der Waals surface area contributed by atoms with Crippen LogP contribution < -0.4 is 11.1 Å². The van der Waals surface area contributed by atoms with E-state index >= 15 is 0 Å². The van der Waals surface area contributed by atoms with E-state index < -0.39 is 35.3 Å². The third kappa shape index (κ3) is 4.98. The van der Waals surface area contributed by atoms with Gasteiger partial charge >= 0.3 is 6.18 Å². The van der Waals surface area contributed by atoms with E-state index in [1.807, 2.05) is 0 Å². The molecular weight excluding hydrogens is 400 g/mol. The Morgan fingerprint density at radius 1 is 1.00 bits per heavy atom. The van der Waals surface area contributed by atoms with E-state index in [4.69, 9.17) is 5.73 Å². The second-order valence-corrected chi connectivity index (χ2v) is 7.49. The normalized spacial score (nSPS) is 16.1. The summed E-state index contributed by atoms with van der Waals surface area (Å²) >= 11 is 0. The topological polar surface area (TPSA) is 72.2 Å². The molecule has 2 aromatic carbocycles. The Labute approximate surface area is 171 Å². The molecule has 0 bridgehead atoms. The number of carbonyl (C=O) groups excluding carboxylic acids is 2. The van der Waals surface area contributed by atoms with E-state index in [1.165, 1.54) is 12.1 Å². The SMILES string of the molecule is NC(=O)c1ccc(C(C(=O)NC2CCCCC2)c2ccc(F)cc2)c(C(F)(F)F)c1. The number of carbonyl (C=O) groups is 2. The summed E-state index contributed by atoms with van der Waals surface area (Å²) in [4.78, 5) is 24.5. The molecule has 1 unspecified atom stereocenters. The highest BCUT2D eigenvalue weighted by atomic mass is 19.4. The van der Waals surface area contributed by atoms with Crippen molar-refractivity contribution in [3.05, 3.63) is 70.5 Å². The van der Waals surface area contributed by atoms with Crippen molar-refractivity contribution >= 4 is 11.8 Å². The van der Waals surface area contributed by atoms with Crippen molar-refractivity contribution < 1.29 is 27.2 Å². The quantitative estimate of drug-likeness (QED) is 0.696. The highest BCUT2D eigenvalue weighted by Crippen LogP contribution is 2.38. The molecule has 0 spiro atoms. The third-order valence-electron chi connectivity index (χ3n) is 5.37. The molecule has 2 amide bonds. The fourth-order valence-electron chi connectivity index (χ4n) is 3.87. The molecule has 2 aromatic rings. The van der Waals surface area contributed by atoms with Gasteiger partial charge in [-0.15, -0.1) is 0 Å². The van der Waals surface area contributed by atoms with Gasteiger partial charge in [0.25, 0.3) is 0 Å². The maximum atomic E-state index is 13.8. The summed E-state index contributed by atoms with van der Waals surface area (Å²) in [6.45, 7) is 0. The number of nitrogens with two attached hydrogens (primary N) is 1. The van der Waals surface area contributed by atoms with Crippen LogP contribution in [-0.4, -0.2) is 17.9 Å². The van der Waals surface area contributed by atoms with Crippen molar-refractivity contribution in [1.82, 2.24) is 5.32 Å². The van der Waals surface area contributed by atoms with E-state index in [2.05, 4.69) is 5.32 Å². The summed E-state index contributed by atoms with van der Waals surface area (Å²) in [7, 11) is 0. The Balaban J connectivity index is 2.08. The number of hydrogen-bond acceptors (Lipinski definition) is 2. The highest BCUT2D eigenvalue weighted by Gasteiger charge is 2.38. The van der Waals surface area contributed by atoms with Gasteiger partial charge in [-0.05, 0) is 48.2 Å². The maximum absolute atomic E-state index is 13.8. The Morgan fingerprint density at radius 2 is 1.63 bits per heavy atom. The standard InChI is InChI=1S/C22H22F4N2O2/c23-15-9-6-13(7-10-15)19(21(30)28-16-4-2-1-3-5-16)17-11-8-14(20(27)29)12-18(17)22(24,25)26/h6-12,16,19H,1-5H2,(H2,27,29)(H,28,30). The summed E-state index contributed by atoms with van der Waals surface area (Å²) in [5.74, 6) is -3.47. The van der Waals surface area contributed by atoms with Crippen molar-refractivity contribution in [2.75, 3.05) is 0 Å². The minimum atomic E-state index is -4.82. The van der Waals surface area contributed by atoms with Gasteiger partial charge in [-0.1, -0.05) is 37.5 Å². The van der Waals surface area contributed by atoms with E-state index in [0.717, 1.165) is 56.4 Å². The van der Waals surface area contributed by atoms with Crippen molar-refractivity contribution in [2.45, 2.75) is 50.2 Å². The summed E-state index contributed by atoms with van der Waals surface area (Å²) in [5, 5.41) is 2.85. The van der Waals surface area contributed by atoms with Crippen LogP contribution >= 0.6 is 0 Å². The molecule has 3 N–H and O–H groups in total. The lowest BCUT2D eigenvalue weighted by Gasteiger charge is -2.27. The first-order chi connectivity index (χ1) is 14.2. The molecule has 1 saturated carbocycles. The number of rotatable bonds is 5. The van der Waals surface area contributed by atoms with E-state index in [9.17, 15) is 27.2 Å². The monoisotopic (exact) mass is 422 g/mol. The molecule has 3 rings (SSSR count). The van der Waals surface area contributed by atoms with Gasteiger partial charge in [-0.2, -0.15) is 13.2 Å². The first-order valence-corrected chi connectivity index (χ1v) is 9.73.